The Balaban J connectivity index is 2.70. The maximum absolute atomic E-state index is 12.1. The van der Waals surface area contributed by atoms with Crippen molar-refractivity contribution in [3.63, 3.8) is 0 Å². The van der Waals surface area contributed by atoms with Crippen LogP contribution in [-0.4, -0.2) is 79.7 Å². The summed E-state index contributed by atoms with van der Waals surface area (Å²) >= 11 is 0. The van der Waals surface area contributed by atoms with Crippen molar-refractivity contribution >= 4 is 10.2 Å². The fourth-order valence-corrected chi connectivity index (χ4v) is 3.20. The van der Waals surface area contributed by atoms with Crippen LogP contribution in [0, 0.1) is 0 Å². The van der Waals surface area contributed by atoms with E-state index in [-0.39, 0.29) is 26.3 Å². The van der Waals surface area contributed by atoms with Gasteiger partial charge in [0.25, 0.3) is 10.2 Å². The highest BCUT2D eigenvalue weighted by molar-refractivity contribution is 7.86. The van der Waals surface area contributed by atoms with Crippen molar-refractivity contribution in [3.05, 3.63) is 0 Å². The first-order valence-electron chi connectivity index (χ1n) is 5.30. The predicted molar refractivity (Wildman–Crippen MR) is 59.1 cm³/mol. The fourth-order valence-electron chi connectivity index (χ4n) is 1.60. The van der Waals surface area contributed by atoms with Gasteiger partial charge in [0, 0.05) is 39.3 Å². The molecule has 1 aliphatic rings. The molecule has 16 heavy (non-hydrogen) atoms. The van der Waals surface area contributed by atoms with E-state index in [1.54, 1.807) is 0 Å². The second-order valence-corrected chi connectivity index (χ2v) is 5.43. The number of hydrogen-bond acceptors (Lipinski definition) is 5. The molecule has 0 aliphatic carbocycles. The van der Waals surface area contributed by atoms with Crippen LogP contribution in [0.5, 0.6) is 0 Å². The van der Waals surface area contributed by atoms with Crippen molar-refractivity contribution in [2.75, 3.05) is 52.5 Å². The molecule has 0 spiro atoms. The summed E-state index contributed by atoms with van der Waals surface area (Å²) in [5, 5.41) is 20.7. The molecule has 1 aliphatic heterocycles. The Morgan fingerprint density at radius 1 is 1.12 bits per heavy atom. The second kappa shape index (κ2) is 6.48. The van der Waals surface area contributed by atoms with Crippen LogP contribution in [-0.2, 0) is 10.2 Å². The molecule has 1 fully saturated rings. The van der Waals surface area contributed by atoms with E-state index in [9.17, 15) is 8.42 Å². The van der Waals surface area contributed by atoms with E-state index in [1.807, 2.05) is 0 Å². The number of rotatable bonds is 6. The Morgan fingerprint density at radius 3 is 2.06 bits per heavy atom. The van der Waals surface area contributed by atoms with Gasteiger partial charge in [-0.3, -0.25) is 0 Å². The van der Waals surface area contributed by atoms with Gasteiger partial charge in [-0.25, -0.2) is 0 Å². The lowest BCUT2D eigenvalue weighted by atomic mass is 10.4. The molecule has 0 aromatic rings. The SMILES string of the molecule is O=S(=O)(N(CCO)CCO)N1CCNCC1. The largest absolute Gasteiger partial charge is 0.395 e. The number of aliphatic hydroxyl groups is 2. The van der Waals surface area contributed by atoms with Gasteiger partial charge < -0.3 is 15.5 Å². The number of piperazine rings is 1. The molecule has 0 aromatic carbocycles. The van der Waals surface area contributed by atoms with Crippen molar-refractivity contribution in [2.45, 2.75) is 0 Å². The lowest BCUT2D eigenvalue weighted by Gasteiger charge is -2.31. The second-order valence-electron chi connectivity index (χ2n) is 3.50. The first kappa shape index (κ1) is 13.8. The molecule has 0 bridgehead atoms. The van der Waals surface area contributed by atoms with Crippen LogP contribution in [0.4, 0.5) is 0 Å². The third kappa shape index (κ3) is 3.37. The van der Waals surface area contributed by atoms with Crippen molar-refractivity contribution in [1.82, 2.24) is 13.9 Å². The molecule has 7 nitrogen and oxygen atoms in total. The molecule has 0 amide bonds. The summed E-state index contributed by atoms with van der Waals surface area (Å²) in [5.74, 6) is 0. The van der Waals surface area contributed by atoms with Crippen LogP contribution in [0.3, 0.4) is 0 Å². The Kier molecular flexibility index (Phi) is 5.59. The van der Waals surface area contributed by atoms with Gasteiger partial charge in [-0.05, 0) is 0 Å². The van der Waals surface area contributed by atoms with Crippen molar-refractivity contribution in [2.24, 2.45) is 0 Å². The zero-order valence-electron chi connectivity index (χ0n) is 9.17. The molecule has 0 aromatic heterocycles. The molecule has 3 N–H and O–H groups in total. The third-order valence-electron chi connectivity index (χ3n) is 2.43. The van der Waals surface area contributed by atoms with Gasteiger partial charge >= 0.3 is 0 Å². The minimum Gasteiger partial charge on any atom is -0.395 e. The quantitative estimate of drug-likeness (QED) is 0.483. The van der Waals surface area contributed by atoms with Gasteiger partial charge in [-0.1, -0.05) is 0 Å². The highest BCUT2D eigenvalue weighted by Gasteiger charge is 2.29. The van der Waals surface area contributed by atoms with Gasteiger partial charge in [-0.2, -0.15) is 17.0 Å². The third-order valence-corrected chi connectivity index (χ3v) is 4.46. The van der Waals surface area contributed by atoms with Crippen LogP contribution in [0.1, 0.15) is 0 Å². The fraction of sp³-hybridized carbons (Fsp3) is 1.00. The zero-order chi connectivity index (χ0) is 12.0. The highest BCUT2D eigenvalue weighted by atomic mass is 32.2. The summed E-state index contributed by atoms with van der Waals surface area (Å²) in [6.07, 6.45) is 0. The van der Waals surface area contributed by atoms with Gasteiger partial charge in [0.05, 0.1) is 13.2 Å². The van der Waals surface area contributed by atoms with Crippen LogP contribution in [0.25, 0.3) is 0 Å². The molecule has 0 saturated carbocycles. The summed E-state index contributed by atoms with van der Waals surface area (Å²) in [6, 6.07) is 0. The molecule has 1 saturated heterocycles. The number of hydrogen-bond donors (Lipinski definition) is 3. The molecule has 0 atom stereocenters. The smallest absolute Gasteiger partial charge is 0.282 e. The molecule has 1 heterocycles. The Labute approximate surface area is 95.8 Å². The molecule has 0 radical (unpaired) electrons. The van der Waals surface area contributed by atoms with E-state index in [0.29, 0.717) is 26.2 Å². The lowest BCUT2D eigenvalue weighted by Crippen LogP contribution is -2.52. The topological polar surface area (TPSA) is 93.1 Å². The summed E-state index contributed by atoms with van der Waals surface area (Å²) in [7, 11) is -3.54. The van der Waals surface area contributed by atoms with E-state index in [4.69, 9.17) is 10.2 Å². The van der Waals surface area contributed by atoms with E-state index in [0.717, 1.165) is 4.31 Å². The van der Waals surface area contributed by atoms with E-state index >= 15 is 0 Å². The standard InChI is InChI=1S/C8H19N3O4S/c12-7-5-11(6-8-13)16(14,15)10-3-1-9-2-4-10/h9,12-13H,1-8H2. The maximum atomic E-state index is 12.1. The van der Waals surface area contributed by atoms with Crippen LogP contribution < -0.4 is 5.32 Å². The minimum atomic E-state index is -3.54. The summed E-state index contributed by atoms with van der Waals surface area (Å²) < 4.78 is 26.6. The average molecular weight is 253 g/mol. The summed E-state index contributed by atoms with van der Waals surface area (Å²) in [4.78, 5) is 0. The molecule has 96 valence electrons. The first-order valence-corrected chi connectivity index (χ1v) is 6.70. The predicted octanol–water partition coefficient (Wildman–Crippen LogP) is -2.58. The molecule has 1 rings (SSSR count). The van der Waals surface area contributed by atoms with E-state index in [2.05, 4.69) is 5.32 Å². The summed E-state index contributed by atoms with van der Waals surface area (Å²) in [6.45, 7) is 1.66. The van der Waals surface area contributed by atoms with Gasteiger partial charge in [0.2, 0.25) is 0 Å². The Morgan fingerprint density at radius 2 is 1.62 bits per heavy atom. The van der Waals surface area contributed by atoms with E-state index < -0.39 is 10.2 Å². The Hall–Kier alpha value is -0.250. The van der Waals surface area contributed by atoms with Crippen molar-refractivity contribution in [1.29, 1.82) is 0 Å². The van der Waals surface area contributed by atoms with E-state index in [1.165, 1.54) is 4.31 Å². The highest BCUT2D eigenvalue weighted by Crippen LogP contribution is 2.08. The van der Waals surface area contributed by atoms with Crippen LogP contribution in [0.2, 0.25) is 0 Å². The van der Waals surface area contributed by atoms with Crippen molar-refractivity contribution < 1.29 is 18.6 Å². The zero-order valence-corrected chi connectivity index (χ0v) is 9.99. The van der Waals surface area contributed by atoms with Gasteiger partial charge in [-0.15, -0.1) is 0 Å². The lowest BCUT2D eigenvalue weighted by molar-refractivity contribution is 0.207. The molecular weight excluding hydrogens is 234 g/mol. The Bertz CT molecular complexity index is 284. The van der Waals surface area contributed by atoms with Crippen LogP contribution in [0.15, 0.2) is 0 Å². The number of aliphatic hydroxyl groups excluding tert-OH is 2. The van der Waals surface area contributed by atoms with Crippen LogP contribution >= 0.6 is 0 Å². The summed E-state index contributed by atoms with van der Waals surface area (Å²) in [5.41, 5.74) is 0. The monoisotopic (exact) mass is 253 g/mol. The minimum absolute atomic E-state index is 0.0207. The van der Waals surface area contributed by atoms with Gasteiger partial charge in [0.1, 0.15) is 0 Å². The molecule has 8 heteroatoms. The maximum Gasteiger partial charge on any atom is 0.282 e. The number of nitrogens with zero attached hydrogens (tertiary/aromatic N) is 2. The average Bonchev–Trinajstić information content (AvgIpc) is 2.30. The molecule has 0 unspecified atom stereocenters. The van der Waals surface area contributed by atoms with Gasteiger partial charge in [0.15, 0.2) is 0 Å². The molecular formula is C8H19N3O4S. The number of nitrogens with one attached hydrogen (secondary N) is 1. The normalized spacial score (nSPS) is 19.2. The van der Waals surface area contributed by atoms with Crippen molar-refractivity contribution in [3.8, 4) is 0 Å². The first-order chi connectivity index (χ1) is 7.62.